The van der Waals surface area contributed by atoms with Crippen LogP contribution >= 0.6 is 0 Å². The van der Waals surface area contributed by atoms with Crippen LogP contribution in [0.1, 0.15) is 0 Å². The molecule has 4 rings (SSSR count). The molecule has 92 valence electrons. The van der Waals surface area contributed by atoms with E-state index in [-0.39, 0.29) is 0 Å². The second kappa shape index (κ2) is 3.20. The van der Waals surface area contributed by atoms with Gasteiger partial charge in [0.1, 0.15) is 0 Å². The van der Waals surface area contributed by atoms with E-state index in [9.17, 15) is 0 Å². The van der Waals surface area contributed by atoms with Gasteiger partial charge in [0.2, 0.25) is 0 Å². The first-order valence-electron chi connectivity index (χ1n) is 6.18. The summed E-state index contributed by atoms with van der Waals surface area (Å²) in [5.74, 6) is 0. The predicted octanol–water partition coefficient (Wildman–Crippen LogP) is 3.33. The van der Waals surface area contributed by atoms with Crippen LogP contribution in [0.15, 0.2) is 42.5 Å². The fraction of sp³-hybridized carbons (Fsp3) is 0. The smallest absolute Gasteiger partial charge is 0.0794 e. The van der Waals surface area contributed by atoms with Gasteiger partial charge in [0.25, 0.3) is 0 Å². The van der Waals surface area contributed by atoms with Gasteiger partial charge < -0.3 is 17.2 Å². The van der Waals surface area contributed by atoms with Crippen molar-refractivity contribution in [1.82, 2.24) is 0 Å². The highest BCUT2D eigenvalue weighted by Gasteiger charge is 2.14. The lowest BCUT2D eigenvalue weighted by Gasteiger charge is -2.16. The first kappa shape index (κ1) is 10.3. The van der Waals surface area contributed by atoms with Gasteiger partial charge in [-0.05, 0) is 16.2 Å². The number of nitrogens with two attached hydrogens (primary N) is 3. The van der Waals surface area contributed by atoms with Gasteiger partial charge in [-0.15, -0.1) is 0 Å². The van der Waals surface area contributed by atoms with E-state index >= 15 is 0 Å². The monoisotopic (exact) mass is 247 g/mol. The van der Waals surface area contributed by atoms with Crippen LogP contribution in [0.2, 0.25) is 0 Å². The first-order chi connectivity index (χ1) is 9.18. The average molecular weight is 247 g/mol. The highest BCUT2D eigenvalue weighted by Crippen LogP contribution is 2.43. The molecule has 0 saturated carbocycles. The highest BCUT2D eigenvalue weighted by molar-refractivity contribution is 6.29. The second-order valence-electron chi connectivity index (χ2n) is 4.92. The summed E-state index contributed by atoms with van der Waals surface area (Å²) >= 11 is 0. The van der Waals surface area contributed by atoms with Crippen molar-refractivity contribution in [2.24, 2.45) is 0 Å². The molecular weight excluding hydrogens is 234 g/mol. The molecule has 0 spiro atoms. The zero-order valence-corrected chi connectivity index (χ0v) is 10.3. The lowest BCUT2D eigenvalue weighted by atomic mass is 9.92. The molecule has 0 fully saturated rings. The third-order valence-electron chi connectivity index (χ3n) is 3.94. The molecular formula is C16H13N3. The number of anilines is 3. The first-order valence-corrected chi connectivity index (χ1v) is 6.18. The van der Waals surface area contributed by atoms with Crippen LogP contribution in [0, 0.1) is 0 Å². The third-order valence-corrected chi connectivity index (χ3v) is 3.94. The Morgan fingerprint density at radius 2 is 1.05 bits per heavy atom. The topological polar surface area (TPSA) is 78.1 Å². The summed E-state index contributed by atoms with van der Waals surface area (Å²) in [6.45, 7) is 0. The normalized spacial score (nSPS) is 11.8. The molecule has 0 aliphatic rings. The standard InChI is InChI=1S/C16H13N3/c17-14-10-6-4-8-2-1-3-9-5-7-11(13(10)12(8)9)15(18)16(14)19/h1-7H,17-19H2. The number of rotatable bonds is 0. The summed E-state index contributed by atoms with van der Waals surface area (Å²) in [4.78, 5) is 0. The van der Waals surface area contributed by atoms with Gasteiger partial charge in [0.05, 0.1) is 17.1 Å². The van der Waals surface area contributed by atoms with E-state index in [1.54, 1.807) is 0 Å². The van der Waals surface area contributed by atoms with Gasteiger partial charge in [-0.1, -0.05) is 42.5 Å². The zero-order chi connectivity index (χ0) is 13.1. The summed E-state index contributed by atoms with van der Waals surface area (Å²) < 4.78 is 0. The van der Waals surface area contributed by atoms with Crippen LogP contribution in [0.4, 0.5) is 17.1 Å². The minimum Gasteiger partial charge on any atom is -0.396 e. The molecule has 0 amide bonds. The molecule has 0 saturated heterocycles. The minimum absolute atomic E-state index is 0.478. The highest BCUT2D eigenvalue weighted by atomic mass is 14.7. The Hall–Kier alpha value is -2.68. The summed E-state index contributed by atoms with van der Waals surface area (Å²) in [7, 11) is 0. The Morgan fingerprint density at radius 3 is 1.58 bits per heavy atom. The van der Waals surface area contributed by atoms with Crippen LogP contribution in [-0.2, 0) is 0 Å². The van der Waals surface area contributed by atoms with Crippen LogP contribution < -0.4 is 17.2 Å². The van der Waals surface area contributed by atoms with Crippen molar-refractivity contribution in [2.75, 3.05) is 17.2 Å². The van der Waals surface area contributed by atoms with E-state index in [4.69, 9.17) is 17.2 Å². The summed E-state index contributed by atoms with van der Waals surface area (Å²) in [5.41, 5.74) is 19.9. The van der Waals surface area contributed by atoms with Gasteiger partial charge in [0.15, 0.2) is 0 Å². The Bertz CT molecular complexity index is 871. The largest absolute Gasteiger partial charge is 0.396 e. The molecule has 0 radical (unpaired) electrons. The number of hydrogen-bond acceptors (Lipinski definition) is 3. The molecule has 19 heavy (non-hydrogen) atoms. The van der Waals surface area contributed by atoms with Crippen molar-refractivity contribution in [2.45, 2.75) is 0 Å². The lowest BCUT2D eigenvalue weighted by molar-refractivity contribution is 1.72. The molecule has 4 aromatic carbocycles. The molecule has 0 unspecified atom stereocenters. The summed E-state index contributed by atoms with van der Waals surface area (Å²) in [6, 6.07) is 14.5. The van der Waals surface area contributed by atoms with E-state index in [0.717, 1.165) is 16.2 Å². The van der Waals surface area contributed by atoms with Crippen molar-refractivity contribution >= 4 is 49.4 Å². The molecule has 0 aliphatic carbocycles. The molecule has 0 bridgehead atoms. The molecule has 4 aromatic rings. The van der Waals surface area contributed by atoms with Crippen molar-refractivity contribution in [3.8, 4) is 0 Å². The van der Waals surface area contributed by atoms with Crippen LogP contribution in [-0.4, -0.2) is 0 Å². The predicted molar refractivity (Wildman–Crippen MR) is 83.4 cm³/mol. The van der Waals surface area contributed by atoms with Crippen LogP contribution in [0.5, 0.6) is 0 Å². The summed E-state index contributed by atoms with van der Waals surface area (Å²) in [5, 5.41) is 6.66. The van der Waals surface area contributed by atoms with E-state index in [1.165, 1.54) is 16.2 Å². The van der Waals surface area contributed by atoms with Crippen molar-refractivity contribution in [3.63, 3.8) is 0 Å². The molecule has 0 aromatic heterocycles. The van der Waals surface area contributed by atoms with Crippen LogP contribution in [0.25, 0.3) is 32.3 Å². The molecule has 0 atom stereocenters. The fourth-order valence-electron chi connectivity index (χ4n) is 2.97. The molecule has 0 aliphatic heterocycles. The maximum absolute atomic E-state index is 6.12. The lowest BCUT2D eigenvalue weighted by Crippen LogP contribution is -2.02. The maximum Gasteiger partial charge on any atom is 0.0794 e. The third kappa shape index (κ3) is 1.12. The Balaban J connectivity index is 2.47. The van der Waals surface area contributed by atoms with E-state index in [2.05, 4.69) is 30.3 Å². The number of benzene rings is 4. The Labute approximate surface area is 109 Å². The fourth-order valence-corrected chi connectivity index (χ4v) is 2.97. The zero-order valence-electron chi connectivity index (χ0n) is 10.3. The van der Waals surface area contributed by atoms with Gasteiger partial charge in [-0.25, -0.2) is 0 Å². The number of nitrogen functional groups attached to an aromatic ring is 3. The Morgan fingerprint density at radius 1 is 0.526 bits per heavy atom. The van der Waals surface area contributed by atoms with Crippen molar-refractivity contribution in [1.29, 1.82) is 0 Å². The number of hydrogen-bond donors (Lipinski definition) is 3. The molecule has 6 N–H and O–H groups in total. The van der Waals surface area contributed by atoms with Gasteiger partial charge in [-0.2, -0.15) is 0 Å². The van der Waals surface area contributed by atoms with E-state index < -0.39 is 0 Å². The maximum atomic E-state index is 6.12. The van der Waals surface area contributed by atoms with Gasteiger partial charge in [0, 0.05) is 16.2 Å². The van der Waals surface area contributed by atoms with Crippen molar-refractivity contribution in [3.05, 3.63) is 42.5 Å². The van der Waals surface area contributed by atoms with Gasteiger partial charge in [-0.3, -0.25) is 0 Å². The molecule has 0 heterocycles. The van der Waals surface area contributed by atoms with Gasteiger partial charge >= 0.3 is 0 Å². The molecule has 3 nitrogen and oxygen atoms in total. The SMILES string of the molecule is Nc1c(N)c2ccc3cccc4ccc(c1N)c2c34. The second-order valence-corrected chi connectivity index (χ2v) is 4.92. The van der Waals surface area contributed by atoms with E-state index in [0.29, 0.717) is 17.1 Å². The van der Waals surface area contributed by atoms with Crippen molar-refractivity contribution < 1.29 is 0 Å². The molecule has 3 heteroatoms. The van der Waals surface area contributed by atoms with Crippen LogP contribution in [0.3, 0.4) is 0 Å². The quantitative estimate of drug-likeness (QED) is 0.329. The Kier molecular flexibility index (Phi) is 1.73. The average Bonchev–Trinajstić information content (AvgIpc) is 2.45. The van der Waals surface area contributed by atoms with E-state index in [1.807, 2.05) is 12.1 Å². The minimum atomic E-state index is 0.478. The summed E-state index contributed by atoms with van der Waals surface area (Å²) in [6.07, 6.45) is 0.